The molecule has 0 saturated heterocycles. The van der Waals surface area contributed by atoms with Gasteiger partial charge in [-0.25, -0.2) is 0 Å². The van der Waals surface area contributed by atoms with Crippen LogP contribution in [0.4, 0.5) is 0 Å². The second-order valence-corrected chi connectivity index (χ2v) is 5.32. The van der Waals surface area contributed by atoms with Gasteiger partial charge in [-0.3, -0.25) is 10.4 Å². The van der Waals surface area contributed by atoms with Crippen LogP contribution in [0.2, 0.25) is 10.0 Å². The summed E-state index contributed by atoms with van der Waals surface area (Å²) in [6, 6.07) is 15.0. The van der Waals surface area contributed by atoms with E-state index in [-0.39, 0.29) is 0 Å². The molecule has 21 heavy (non-hydrogen) atoms. The number of hydrogen-bond donors (Lipinski definition) is 1. The Morgan fingerprint density at radius 3 is 2.00 bits per heavy atom. The summed E-state index contributed by atoms with van der Waals surface area (Å²) in [5, 5.41) is 11.5. The number of benzene rings is 2. The Morgan fingerprint density at radius 2 is 1.43 bits per heavy atom. The zero-order chi connectivity index (χ0) is 14.8. The third-order valence-electron chi connectivity index (χ3n) is 3.08. The highest BCUT2D eigenvalue weighted by atomic mass is 35.5. The Morgan fingerprint density at radius 1 is 0.857 bits per heavy atom. The molecule has 0 atom stereocenters. The van der Waals surface area contributed by atoms with Crippen molar-refractivity contribution in [3.63, 3.8) is 0 Å². The summed E-state index contributed by atoms with van der Waals surface area (Å²) in [5.74, 6) is 1.25. The molecule has 1 heterocycles. The molecule has 0 amide bonds. The Balaban J connectivity index is 2.01. The Kier molecular flexibility index (Phi) is 3.82. The number of nitrogens with one attached hydrogen (secondary N) is 1. The number of hydrazine groups is 1. The van der Waals surface area contributed by atoms with Crippen LogP contribution in [0.15, 0.2) is 58.7 Å². The predicted molar refractivity (Wildman–Crippen MR) is 86.9 cm³/mol. The van der Waals surface area contributed by atoms with E-state index in [0.29, 0.717) is 21.7 Å². The van der Waals surface area contributed by atoms with Gasteiger partial charge in [-0.1, -0.05) is 47.5 Å². The van der Waals surface area contributed by atoms with Gasteiger partial charge in [0, 0.05) is 18.2 Å². The van der Waals surface area contributed by atoms with Crippen LogP contribution in [-0.4, -0.2) is 23.7 Å². The first-order chi connectivity index (χ1) is 10.2. The highest BCUT2D eigenvalue weighted by Crippen LogP contribution is 2.20. The lowest BCUT2D eigenvalue weighted by atomic mass is 10.2. The predicted octanol–water partition coefficient (Wildman–Crippen LogP) is 3.55. The largest absolute Gasteiger partial charge is 0.278 e. The molecule has 2 aromatic rings. The normalized spacial score (nSPS) is 14.3. The first-order valence-electron chi connectivity index (χ1n) is 6.32. The Bertz CT molecular complexity index is 740. The first-order valence-corrected chi connectivity index (χ1v) is 7.08. The van der Waals surface area contributed by atoms with E-state index < -0.39 is 0 Å². The van der Waals surface area contributed by atoms with Gasteiger partial charge in [-0.15, -0.1) is 10.2 Å². The van der Waals surface area contributed by atoms with Crippen molar-refractivity contribution < 1.29 is 0 Å². The van der Waals surface area contributed by atoms with E-state index in [4.69, 9.17) is 23.2 Å². The second-order valence-electron chi connectivity index (χ2n) is 4.50. The van der Waals surface area contributed by atoms with Crippen LogP contribution in [0.3, 0.4) is 0 Å². The zero-order valence-electron chi connectivity index (χ0n) is 11.2. The number of halogens is 2. The first kappa shape index (κ1) is 13.9. The summed E-state index contributed by atoms with van der Waals surface area (Å²) in [6.45, 7) is 0. The Hall–Kier alpha value is -2.04. The van der Waals surface area contributed by atoms with Gasteiger partial charge in [0.25, 0.3) is 0 Å². The van der Waals surface area contributed by atoms with Crippen LogP contribution in [-0.2, 0) is 0 Å². The van der Waals surface area contributed by atoms with E-state index in [1.54, 1.807) is 5.01 Å². The summed E-state index contributed by atoms with van der Waals surface area (Å²) in [5.41, 5.74) is 4.77. The number of amidine groups is 2. The molecule has 1 aliphatic heterocycles. The molecule has 0 radical (unpaired) electrons. The minimum absolute atomic E-state index is 0.596. The van der Waals surface area contributed by atoms with Crippen LogP contribution in [0.5, 0.6) is 0 Å². The lowest BCUT2D eigenvalue weighted by Crippen LogP contribution is -2.46. The fraction of sp³-hybridized carbons (Fsp3) is 0.0667. The molecular weight excluding hydrogens is 307 g/mol. The van der Waals surface area contributed by atoms with Crippen molar-refractivity contribution in [1.82, 2.24) is 10.4 Å². The molecule has 0 aromatic heterocycles. The summed E-state index contributed by atoms with van der Waals surface area (Å²) in [7, 11) is 1.85. The van der Waals surface area contributed by atoms with Crippen LogP contribution >= 0.6 is 23.2 Å². The Labute approximate surface area is 132 Å². The van der Waals surface area contributed by atoms with Crippen molar-refractivity contribution in [2.24, 2.45) is 10.2 Å². The van der Waals surface area contributed by atoms with Crippen LogP contribution in [0.25, 0.3) is 0 Å². The molecule has 0 spiro atoms. The maximum atomic E-state index is 6.20. The van der Waals surface area contributed by atoms with Gasteiger partial charge in [-0.05, 0) is 24.3 Å². The van der Waals surface area contributed by atoms with E-state index in [0.717, 1.165) is 11.1 Å². The van der Waals surface area contributed by atoms with Crippen LogP contribution < -0.4 is 5.43 Å². The van der Waals surface area contributed by atoms with Gasteiger partial charge in [0.2, 0.25) is 0 Å². The molecular formula is C15H12Cl2N4. The number of nitrogens with zero attached hydrogens (tertiary/aromatic N) is 3. The maximum absolute atomic E-state index is 6.20. The highest BCUT2D eigenvalue weighted by Gasteiger charge is 2.20. The van der Waals surface area contributed by atoms with Gasteiger partial charge in [0.05, 0.1) is 10.0 Å². The molecule has 0 fully saturated rings. The van der Waals surface area contributed by atoms with E-state index in [1.165, 1.54) is 0 Å². The van der Waals surface area contributed by atoms with Crippen molar-refractivity contribution in [1.29, 1.82) is 0 Å². The standard InChI is InChI=1S/C15H12Cl2N4/c1-21-15(11-7-3-5-9-13(11)17)19-18-14(20-21)10-6-2-4-8-12(10)16/h2-9H,1H3,(H,18,20). The lowest BCUT2D eigenvalue weighted by Gasteiger charge is -2.27. The topological polar surface area (TPSA) is 40.0 Å². The van der Waals surface area contributed by atoms with E-state index in [9.17, 15) is 0 Å². The van der Waals surface area contributed by atoms with Gasteiger partial charge >= 0.3 is 0 Å². The smallest absolute Gasteiger partial charge is 0.178 e. The van der Waals surface area contributed by atoms with Crippen LogP contribution in [0, 0.1) is 0 Å². The fourth-order valence-corrected chi connectivity index (χ4v) is 2.49. The van der Waals surface area contributed by atoms with Gasteiger partial charge in [0.15, 0.2) is 11.7 Å². The summed E-state index contributed by atoms with van der Waals surface area (Å²) >= 11 is 12.4. The lowest BCUT2D eigenvalue weighted by molar-refractivity contribution is 0.447. The molecule has 3 rings (SSSR count). The molecule has 1 N–H and O–H groups in total. The number of rotatable bonds is 2. The SMILES string of the molecule is CN1NC(c2ccccc2Cl)=NN=C1c1ccccc1Cl. The summed E-state index contributed by atoms with van der Waals surface area (Å²) < 4.78 is 0. The maximum Gasteiger partial charge on any atom is 0.178 e. The minimum Gasteiger partial charge on any atom is -0.278 e. The quantitative estimate of drug-likeness (QED) is 0.919. The molecule has 4 nitrogen and oxygen atoms in total. The molecule has 1 aliphatic rings. The third-order valence-corrected chi connectivity index (χ3v) is 3.74. The summed E-state index contributed by atoms with van der Waals surface area (Å²) in [6.07, 6.45) is 0. The van der Waals surface area contributed by atoms with E-state index >= 15 is 0 Å². The average Bonchev–Trinajstić information content (AvgIpc) is 2.49. The van der Waals surface area contributed by atoms with Crippen molar-refractivity contribution >= 4 is 34.9 Å². The fourth-order valence-electron chi connectivity index (χ4n) is 2.04. The van der Waals surface area contributed by atoms with Crippen molar-refractivity contribution in [2.45, 2.75) is 0 Å². The van der Waals surface area contributed by atoms with Gasteiger partial charge in [-0.2, -0.15) is 0 Å². The molecule has 0 unspecified atom stereocenters. The number of hydrogen-bond acceptors (Lipinski definition) is 4. The molecule has 6 heteroatoms. The van der Waals surface area contributed by atoms with E-state index in [2.05, 4.69) is 15.6 Å². The monoisotopic (exact) mass is 318 g/mol. The molecule has 0 bridgehead atoms. The van der Waals surface area contributed by atoms with Gasteiger partial charge < -0.3 is 0 Å². The van der Waals surface area contributed by atoms with Crippen molar-refractivity contribution in [3.8, 4) is 0 Å². The van der Waals surface area contributed by atoms with E-state index in [1.807, 2.05) is 55.6 Å². The molecule has 106 valence electrons. The van der Waals surface area contributed by atoms with Crippen molar-refractivity contribution in [3.05, 3.63) is 69.7 Å². The molecule has 0 saturated carbocycles. The third kappa shape index (κ3) is 2.73. The minimum atomic E-state index is 0.596. The molecule has 2 aromatic carbocycles. The average molecular weight is 319 g/mol. The van der Waals surface area contributed by atoms with Crippen molar-refractivity contribution in [2.75, 3.05) is 7.05 Å². The summed E-state index contributed by atoms with van der Waals surface area (Å²) in [4.78, 5) is 0. The van der Waals surface area contributed by atoms with Gasteiger partial charge in [0.1, 0.15) is 0 Å². The zero-order valence-corrected chi connectivity index (χ0v) is 12.7. The molecule has 0 aliphatic carbocycles. The highest BCUT2D eigenvalue weighted by molar-refractivity contribution is 6.35. The van der Waals surface area contributed by atoms with Crippen LogP contribution in [0.1, 0.15) is 11.1 Å². The second kappa shape index (κ2) is 5.76.